The summed E-state index contributed by atoms with van der Waals surface area (Å²) >= 11 is 5.35. The Kier molecular flexibility index (Phi) is 6.98. The molecule has 3 aromatic carbocycles. The Morgan fingerprint density at radius 2 is 1.60 bits per heavy atom. The molecular weight excluding hydrogens is 401 g/mol. The lowest BCUT2D eigenvalue weighted by Gasteiger charge is -2.17. The van der Waals surface area contributed by atoms with Crippen molar-refractivity contribution in [3.05, 3.63) is 89.7 Å². The Hall–Kier alpha value is -3.45. The molecule has 0 heterocycles. The first-order valence-electron chi connectivity index (χ1n) is 9.33. The van der Waals surface area contributed by atoms with Crippen LogP contribution < -0.4 is 20.7 Å². The molecule has 5 nitrogen and oxygen atoms in total. The minimum atomic E-state index is -0.273. The van der Waals surface area contributed by atoms with Gasteiger partial charge in [-0.2, -0.15) is 0 Å². The van der Waals surface area contributed by atoms with E-state index < -0.39 is 0 Å². The van der Waals surface area contributed by atoms with E-state index in [4.69, 9.17) is 17.0 Å². The van der Waals surface area contributed by atoms with Crippen molar-refractivity contribution in [3.8, 4) is 5.75 Å². The molecule has 3 N–H and O–H groups in total. The van der Waals surface area contributed by atoms with Crippen LogP contribution >= 0.6 is 12.2 Å². The molecule has 0 saturated heterocycles. The van der Waals surface area contributed by atoms with Crippen LogP contribution in [0.5, 0.6) is 5.75 Å². The third kappa shape index (κ3) is 5.78. The lowest BCUT2D eigenvalue weighted by atomic mass is 10.1. The Morgan fingerprint density at radius 1 is 0.967 bits per heavy atom. The second-order valence-corrected chi connectivity index (χ2v) is 7.04. The van der Waals surface area contributed by atoms with Gasteiger partial charge >= 0.3 is 0 Å². The lowest BCUT2D eigenvalue weighted by Crippen LogP contribution is -2.30. The Morgan fingerprint density at radius 3 is 2.23 bits per heavy atom. The quantitative estimate of drug-likeness (QED) is 0.480. The van der Waals surface area contributed by atoms with E-state index in [-0.39, 0.29) is 17.8 Å². The molecule has 1 atom stereocenters. The number of thiocarbonyl (C=S) groups is 1. The number of amides is 1. The minimum absolute atomic E-state index is 0.0768. The largest absolute Gasteiger partial charge is 0.497 e. The van der Waals surface area contributed by atoms with Crippen LogP contribution in [0.15, 0.2) is 72.8 Å². The molecular formula is C23H22FN3O2S. The highest BCUT2D eigenvalue weighted by atomic mass is 32.1. The van der Waals surface area contributed by atoms with Crippen molar-refractivity contribution in [1.82, 2.24) is 5.32 Å². The molecule has 0 spiro atoms. The Bertz CT molecular complexity index is 1020. The first kappa shape index (κ1) is 21.3. The molecule has 3 aromatic rings. The predicted octanol–water partition coefficient (Wildman–Crippen LogP) is 5.13. The monoisotopic (exact) mass is 423 g/mol. The van der Waals surface area contributed by atoms with Crippen LogP contribution in [0.3, 0.4) is 0 Å². The maximum atomic E-state index is 13.1. The summed E-state index contributed by atoms with van der Waals surface area (Å²) in [6.45, 7) is 1.94. The number of hydrogen-bond acceptors (Lipinski definition) is 3. The Labute approximate surface area is 180 Å². The molecule has 1 amide bonds. The second-order valence-electron chi connectivity index (χ2n) is 6.64. The normalized spacial score (nSPS) is 11.3. The highest BCUT2D eigenvalue weighted by Crippen LogP contribution is 2.18. The number of benzene rings is 3. The highest BCUT2D eigenvalue weighted by Gasteiger charge is 2.09. The van der Waals surface area contributed by atoms with Crippen molar-refractivity contribution in [2.45, 2.75) is 13.0 Å². The van der Waals surface area contributed by atoms with E-state index in [1.807, 2.05) is 19.1 Å². The standard InChI is InChI=1S/C23H22FN3O2S/c1-15(16-6-8-18(24)9-7-16)25-23(30)27-20-12-10-19(11-13-20)26-22(28)17-4-3-5-21(14-17)29-2/h3-15H,1-2H3,(H,26,28)(H2,25,27,30). The van der Waals surface area contributed by atoms with Gasteiger partial charge in [0.05, 0.1) is 13.2 Å². The number of ether oxygens (including phenoxy) is 1. The molecule has 0 bridgehead atoms. The molecule has 7 heteroatoms. The van der Waals surface area contributed by atoms with Crippen molar-refractivity contribution < 1.29 is 13.9 Å². The van der Waals surface area contributed by atoms with Crippen LogP contribution in [0.4, 0.5) is 15.8 Å². The zero-order valence-electron chi connectivity index (χ0n) is 16.6. The van der Waals surface area contributed by atoms with Crippen LogP contribution in [0.25, 0.3) is 0 Å². The van der Waals surface area contributed by atoms with Crippen molar-refractivity contribution in [2.24, 2.45) is 0 Å². The number of rotatable bonds is 6. The number of carbonyl (C=O) groups excluding carboxylic acids is 1. The summed E-state index contributed by atoms with van der Waals surface area (Å²) in [6.07, 6.45) is 0. The maximum absolute atomic E-state index is 13.1. The summed E-state index contributed by atoms with van der Waals surface area (Å²) < 4.78 is 18.2. The van der Waals surface area contributed by atoms with E-state index in [9.17, 15) is 9.18 Å². The fraction of sp³-hybridized carbons (Fsp3) is 0.130. The average Bonchev–Trinajstić information content (AvgIpc) is 2.75. The third-order valence-electron chi connectivity index (χ3n) is 4.45. The average molecular weight is 424 g/mol. The van der Waals surface area contributed by atoms with Gasteiger partial charge in [-0.1, -0.05) is 18.2 Å². The zero-order valence-corrected chi connectivity index (χ0v) is 17.4. The van der Waals surface area contributed by atoms with Crippen molar-refractivity contribution in [3.63, 3.8) is 0 Å². The van der Waals surface area contributed by atoms with Crippen LogP contribution in [0.1, 0.15) is 28.9 Å². The Balaban J connectivity index is 1.55. The molecule has 0 saturated carbocycles. The van der Waals surface area contributed by atoms with E-state index in [0.29, 0.717) is 22.1 Å². The van der Waals surface area contributed by atoms with Crippen molar-refractivity contribution >= 4 is 34.6 Å². The predicted molar refractivity (Wildman–Crippen MR) is 122 cm³/mol. The number of carbonyl (C=O) groups is 1. The van der Waals surface area contributed by atoms with Crippen LogP contribution in [-0.2, 0) is 0 Å². The fourth-order valence-electron chi connectivity index (χ4n) is 2.80. The number of anilines is 2. The maximum Gasteiger partial charge on any atom is 0.255 e. The van der Waals surface area contributed by atoms with Gasteiger partial charge < -0.3 is 20.7 Å². The van der Waals surface area contributed by atoms with Gasteiger partial charge in [0.15, 0.2) is 5.11 Å². The zero-order chi connectivity index (χ0) is 21.5. The molecule has 1 unspecified atom stereocenters. The van der Waals surface area contributed by atoms with Crippen LogP contribution in [0.2, 0.25) is 0 Å². The van der Waals surface area contributed by atoms with Crippen molar-refractivity contribution in [2.75, 3.05) is 17.7 Å². The van der Waals surface area contributed by atoms with Crippen LogP contribution in [0, 0.1) is 5.82 Å². The molecule has 0 fully saturated rings. The van der Waals surface area contributed by atoms with E-state index in [1.54, 1.807) is 55.6 Å². The minimum Gasteiger partial charge on any atom is -0.497 e. The molecule has 154 valence electrons. The summed E-state index contributed by atoms with van der Waals surface area (Å²) in [7, 11) is 1.56. The van der Waals surface area contributed by atoms with Crippen LogP contribution in [-0.4, -0.2) is 18.1 Å². The topological polar surface area (TPSA) is 62.4 Å². The molecule has 0 radical (unpaired) electrons. The molecule has 0 aliphatic heterocycles. The van der Waals surface area contributed by atoms with Gasteiger partial charge in [-0.05, 0) is 79.3 Å². The van der Waals surface area contributed by atoms with Gasteiger partial charge in [0, 0.05) is 16.9 Å². The molecule has 30 heavy (non-hydrogen) atoms. The second kappa shape index (κ2) is 9.84. The highest BCUT2D eigenvalue weighted by molar-refractivity contribution is 7.80. The summed E-state index contributed by atoms with van der Waals surface area (Å²) in [4.78, 5) is 12.4. The van der Waals surface area contributed by atoms with E-state index in [0.717, 1.165) is 11.3 Å². The van der Waals surface area contributed by atoms with E-state index in [1.165, 1.54) is 12.1 Å². The molecule has 3 rings (SSSR count). The number of hydrogen-bond donors (Lipinski definition) is 3. The summed E-state index contributed by atoms with van der Waals surface area (Å²) in [6, 6.07) is 20.3. The summed E-state index contributed by atoms with van der Waals surface area (Å²) in [5.74, 6) is 0.128. The smallest absolute Gasteiger partial charge is 0.255 e. The van der Waals surface area contributed by atoms with Crippen molar-refractivity contribution in [1.29, 1.82) is 0 Å². The van der Waals surface area contributed by atoms with Gasteiger partial charge in [-0.15, -0.1) is 0 Å². The molecule has 0 aliphatic carbocycles. The summed E-state index contributed by atoms with van der Waals surface area (Å²) in [5, 5.41) is 9.55. The number of halogens is 1. The number of nitrogens with one attached hydrogen (secondary N) is 3. The fourth-order valence-corrected chi connectivity index (χ4v) is 3.10. The van der Waals surface area contributed by atoms with Gasteiger partial charge in [0.2, 0.25) is 0 Å². The SMILES string of the molecule is COc1cccc(C(=O)Nc2ccc(NC(=S)NC(C)c3ccc(F)cc3)cc2)c1. The van der Waals surface area contributed by atoms with Gasteiger partial charge in [0.25, 0.3) is 5.91 Å². The molecule has 0 aromatic heterocycles. The number of methoxy groups -OCH3 is 1. The summed E-state index contributed by atoms with van der Waals surface area (Å²) in [5.41, 5.74) is 2.87. The first-order valence-corrected chi connectivity index (χ1v) is 9.74. The molecule has 0 aliphatic rings. The van der Waals surface area contributed by atoms with Gasteiger partial charge in [-0.3, -0.25) is 4.79 Å². The van der Waals surface area contributed by atoms with E-state index in [2.05, 4.69) is 16.0 Å². The van der Waals surface area contributed by atoms with Gasteiger partial charge in [0.1, 0.15) is 11.6 Å². The van der Waals surface area contributed by atoms with E-state index >= 15 is 0 Å². The third-order valence-corrected chi connectivity index (χ3v) is 4.67. The van der Waals surface area contributed by atoms with Gasteiger partial charge in [-0.25, -0.2) is 4.39 Å². The lowest BCUT2D eigenvalue weighted by molar-refractivity contribution is 0.102. The first-order chi connectivity index (χ1) is 14.4.